The molecule has 0 fully saturated rings. The van der Waals surface area contributed by atoms with Crippen LogP contribution in [0.25, 0.3) is 0 Å². The van der Waals surface area contributed by atoms with Gasteiger partial charge in [-0.25, -0.2) is 4.39 Å². The molecule has 0 saturated carbocycles. The van der Waals surface area contributed by atoms with Crippen LogP contribution in [0.1, 0.15) is 19.8 Å². The highest BCUT2D eigenvalue weighted by Gasteiger charge is 2.52. The number of alkyl halides is 3. The maximum atomic E-state index is 12.8. The minimum atomic E-state index is -5.81. The molecule has 16 heavy (non-hydrogen) atoms. The summed E-state index contributed by atoms with van der Waals surface area (Å²) < 4.78 is 66.4. The topological polar surface area (TPSA) is 71.4 Å². The fourth-order valence-electron chi connectivity index (χ4n) is 0.801. The molecule has 0 amide bonds. The Hall–Kier alpha value is -0.890. The molecule has 0 aromatic rings. The third kappa shape index (κ3) is 3.60. The predicted molar refractivity (Wildman–Crippen MR) is 50.4 cm³/mol. The van der Waals surface area contributed by atoms with Gasteiger partial charge < -0.3 is 0 Å². The second-order valence-corrected chi connectivity index (χ2v) is 4.74. The molecular weight excluding hydrogens is 249 g/mol. The molecule has 0 aromatic carbocycles. The quantitative estimate of drug-likeness (QED) is 0.583. The van der Waals surface area contributed by atoms with Crippen molar-refractivity contribution in [3.05, 3.63) is 12.2 Å². The fourth-order valence-corrected chi connectivity index (χ4v) is 1.24. The molecule has 0 radical (unpaired) electrons. The Morgan fingerprint density at radius 3 is 2.25 bits per heavy atom. The number of halogens is 3. The van der Waals surface area contributed by atoms with Crippen LogP contribution in [0.4, 0.5) is 13.2 Å². The predicted octanol–water partition coefficient (Wildman–Crippen LogP) is 1.73. The van der Waals surface area contributed by atoms with Gasteiger partial charge in [0.25, 0.3) is 0 Å². The number of carbonyl (C=O) groups is 1. The van der Waals surface area contributed by atoms with Crippen LogP contribution < -0.4 is 0 Å². The largest absolute Gasteiger partial charge is 0.400 e. The van der Waals surface area contributed by atoms with Crippen molar-refractivity contribution in [2.45, 2.75) is 31.2 Å². The molecule has 0 aliphatic carbocycles. The van der Waals surface area contributed by atoms with Crippen molar-refractivity contribution >= 4 is 15.9 Å². The van der Waals surface area contributed by atoms with E-state index in [0.717, 1.165) is 0 Å². The zero-order valence-electron chi connectivity index (χ0n) is 8.41. The zero-order chi connectivity index (χ0) is 13.1. The normalized spacial score (nSPS) is 14.6. The summed E-state index contributed by atoms with van der Waals surface area (Å²) in [6.07, 6.45) is -4.73. The summed E-state index contributed by atoms with van der Waals surface area (Å²) in [5.74, 6) is -0.645. The maximum Gasteiger partial charge on any atom is 0.400 e. The van der Waals surface area contributed by atoms with Crippen molar-refractivity contribution in [3.8, 4) is 0 Å². The van der Waals surface area contributed by atoms with Gasteiger partial charge in [0, 0.05) is 6.42 Å². The van der Waals surface area contributed by atoms with Crippen LogP contribution >= 0.6 is 0 Å². The van der Waals surface area contributed by atoms with Gasteiger partial charge in [-0.2, -0.15) is 17.2 Å². The first-order valence-corrected chi connectivity index (χ1v) is 5.61. The zero-order valence-corrected chi connectivity index (χ0v) is 9.23. The fraction of sp³-hybridized carbons (Fsp3) is 0.625. The van der Waals surface area contributed by atoms with E-state index in [1.807, 2.05) is 0 Å². The molecule has 0 saturated heterocycles. The van der Waals surface area contributed by atoms with Gasteiger partial charge >= 0.3 is 15.4 Å². The van der Waals surface area contributed by atoms with E-state index < -0.39 is 40.2 Å². The van der Waals surface area contributed by atoms with Crippen LogP contribution in [0.3, 0.4) is 0 Å². The third-order valence-corrected chi connectivity index (χ3v) is 2.75. The molecule has 1 unspecified atom stereocenters. The van der Waals surface area contributed by atoms with E-state index in [0.29, 0.717) is 0 Å². The summed E-state index contributed by atoms with van der Waals surface area (Å²) in [5, 5.41) is -4.90. The molecule has 0 heterocycles. The van der Waals surface area contributed by atoms with Crippen molar-refractivity contribution in [1.82, 2.24) is 0 Å². The van der Waals surface area contributed by atoms with Crippen molar-refractivity contribution in [1.29, 1.82) is 0 Å². The second kappa shape index (κ2) is 4.96. The SMILES string of the molecule is C=C(C)C(=O)CCC(F)C(F)(F)S(=O)(=O)O. The number of carbonyl (C=O) groups excluding carboxylic acids is 1. The van der Waals surface area contributed by atoms with Crippen LogP contribution in [-0.4, -0.2) is 30.2 Å². The van der Waals surface area contributed by atoms with E-state index in [9.17, 15) is 26.4 Å². The molecular formula is C8H11F3O4S. The molecule has 1 N–H and O–H groups in total. The van der Waals surface area contributed by atoms with Crippen molar-refractivity contribution in [3.63, 3.8) is 0 Å². The third-order valence-electron chi connectivity index (χ3n) is 1.81. The lowest BCUT2D eigenvalue weighted by Gasteiger charge is -2.16. The molecule has 4 nitrogen and oxygen atoms in total. The Labute approximate surface area is 90.9 Å². The molecule has 0 rings (SSSR count). The van der Waals surface area contributed by atoms with Crippen LogP contribution in [0, 0.1) is 0 Å². The van der Waals surface area contributed by atoms with E-state index >= 15 is 0 Å². The van der Waals surface area contributed by atoms with Crippen LogP contribution in [0.2, 0.25) is 0 Å². The molecule has 0 bridgehead atoms. The molecule has 0 aliphatic heterocycles. The van der Waals surface area contributed by atoms with Gasteiger partial charge in [0.2, 0.25) is 0 Å². The van der Waals surface area contributed by atoms with Crippen LogP contribution in [-0.2, 0) is 14.9 Å². The smallest absolute Gasteiger partial charge is 0.295 e. The number of Topliss-reactive ketones (excluding diaryl/α,β-unsaturated/α-hetero) is 1. The van der Waals surface area contributed by atoms with Gasteiger partial charge in [-0.15, -0.1) is 0 Å². The average molecular weight is 260 g/mol. The van der Waals surface area contributed by atoms with Crippen LogP contribution in [0.15, 0.2) is 12.2 Å². The van der Waals surface area contributed by atoms with Crippen molar-refractivity contribution < 1.29 is 30.9 Å². The highest BCUT2D eigenvalue weighted by molar-refractivity contribution is 7.86. The Morgan fingerprint density at radius 2 is 1.94 bits per heavy atom. The average Bonchev–Trinajstić information content (AvgIpc) is 2.11. The molecule has 1 atom stereocenters. The Kier molecular flexibility index (Phi) is 4.68. The van der Waals surface area contributed by atoms with Gasteiger partial charge in [-0.05, 0) is 18.9 Å². The van der Waals surface area contributed by atoms with Gasteiger partial charge in [0.1, 0.15) is 0 Å². The van der Waals surface area contributed by atoms with Gasteiger partial charge in [-0.1, -0.05) is 6.58 Å². The summed E-state index contributed by atoms with van der Waals surface area (Å²) in [5.41, 5.74) is 0.0578. The Balaban J connectivity index is 4.55. The maximum absolute atomic E-state index is 12.8. The molecule has 94 valence electrons. The Bertz CT molecular complexity index is 388. The first kappa shape index (κ1) is 15.1. The van der Waals surface area contributed by atoms with Gasteiger partial charge in [-0.3, -0.25) is 9.35 Å². The van der Waals surface area contributed by atoms with Gasteiger partial charge in [0.05, 0.1) is 0 Å². The monoisotopic (exact) mass is 260 g/mol. The number of allylic oxidation sites excluding steroid dienone is 1. The number of rotatable bonds is 6. The Morgan fingerprint density at radius 1 is 1.50 bits per heavy atom. The lowest BCUT2D eigenvalue weighted by Crippen LogP contribution is -2.38. The lowest BCUT2D eigenvalue weighted by atomic mass is 10.1. The summed E-state index contributed by atoms with van der Waals surface area (Å²) in [6, 6.07) is 0. The van der Waals surface area contributed by atoms with Gasteiger partial charge in [0.15, 0.2) is 12.0 Å². The van der Waals surface area contributed by atoms with E-state index in [2.05, 4.69) is 6.58 Å². The number of ketones is 1. The van der Waals surface area contributed by atoms with E-state index in [1.165, 1.54) is 6.92 Å². The standard InChI is InChI=1S/C8H11F3O4S/c1-5(2)6(12)3-4-7(9)8(10,11)16(13,14)15/h7H,1,3-4H2,2H3,(H,13,14,15). The minimum Gasteiger partial charge on any atom is -0.295 e. The van der Waals surface area contributed by atoms with Crippen molar-refractivity contribution in [2.75, 3.05) is 0 Å². The second-order valence-electron chi connectivity index (χ2n) is 3.25. The highest BCUT2D eigenvalue weighted by Crippen LogP contribution is 2.30. The van der Waals surface area contributed by atoms with E-state index in [4.69, 9.17) is 4.55 Å². The van der Waals surface area contributed by atoms with E-state index in [1.54, 1.807) is 0 Å². The molecule has 0 aromatic heterocycles. The summed E-state index contributed by atoms with van der Waals surface area (Å²) in [6.45, 7) is 4.53. The molecule has 0 aliphatic rings. The van der Waals surface area contributed by atoms with Crippen molar-refractivity contribution in [2.24, 2.45) is 0 Å². The summed E-state index contributed by atoms with van der Waals surface area (Å²) >= 11 is 0. The molecule has 8 heteroatoms. The lowest BCUT2D eigenvalue weighted by molar-refractivity contribution is -0.116. The van der Waals surface area contributed by atoms with Crippen LogP contribution in [0.5, 0.6) is 0 Å². The minimum absolute atomic E-state index is 0.0578. The first-order valence-electron chi connectivity index (χ1n) is 4.17. The first-order chi connectivity index (χ1) is 7.00. The molecule has 0 spiro atoms. The number of hydrogen-bond acceptors (Lipinski definition) is 3. The summed E-state index contributed by atoms with van der Waals surface area (Å²) in [4.78, 5) is 10.9. The highest BCUT2D eigenvalue weighted by atomic mass is 32.2. The number of hydrogen-bond donors (Lipinski definition) is 1. The van der Waals surface area contributed by atoms with E-state index in [-0.39, 0.29) is 5.57 Å². The summed E-state index contributed by atoms with van der Waals surface area (Å²) in [7, 11) is -5.81.